The van der Waals surface area contributed by atoms with Crippen molar-refractivity contribution in [3.63, 3.8) is 0 Å². The maximum Gasteiger partial charge on any atom is 0.329 e. The van der Waals surface area contributed by atoms with Gasteiger partial charge in [0.25, 0.3) is 0 Å². The van der Waals surface area contributed by atoms with Crippen molar-refractivity contribution in [1.82, 2.24) is 4.90 Å². The first kappa shape index (κ1) is 28.0. The Bertz CT molecular complexity index is 1130. The summed E-state index contributed by atoms with van der Waals surface area (Å²) in [6.45, 7) is 8.80. The van der Waals surface area contributed by atoms with Crippen LogP contribution in [0.15, 0.2) is 48.5 Å². The lowest BCUT2D eigenvalue weighted by Gasteiger charge is -2.51. The lowest BCUT2D eigenvalue weighted by atomic mass is 9.67. The van der Waals surface area contributed by atoms with E-state index in [1.54, 1.807) is 50.8 Å². The number of hydrogen-bond donors (Lipinski definition) is 1. The Morgan fingerprint density at radius 1 is 1.11 bits per heavy atom. The van der Waals surface area contributed by atoms with E-state index in [1.165, 1.54) is 0 Å². The Morgan fingerprint density at radius 3 is 2.28 bits per heavy atom. The molecule has 0 unspecified atom stereocenters. The molecule has 194 valence electrons. The highest BCUT2D eigenvalue weighted by Crippen LogP contribution is 2.52. The van der Waals surface area contributed by atoms with E-state index >= 15 is 0 Å². The van der Waals surface area contributed by atoms with Crippen LogP contribution in [0, 0.1) is 5.41 Å². The Labute approximate surface area is 222 Å². The van der Waals surface area contributed by atoms with Crippen LogP contribution in [0.4, 0.5) is 0 Å². The molecule has 0 spiro atoms. The van der Waals surface area contributed by atoms with E-state index in [0.717, 1.165) is 11.1 Å². The van der Waals surface area contributed by atoms with Crippen LogP contribution >= 0.6 is 23.2 Å². The van der Waals surface area contributed by atoms with Crippen molar-refractivity contribution >= 4 is 41.0 Å². The zero-order valence-corrected chi connectivity index (χ0v) is 22.8. The average Bonchev–Trinajstić information content (AvgIpc) is 2.76. The van der Waals surface area contributed by atoms with Crippen molar-refractivity contribution in [3.05, 3.63) is 69.7 Å². The van der Waals surface area contributed by atoms with Gasteiger partial charge in [0.05, 0.1) is 17.9 Å². The van der Waals surface area contributed by atoms with Crippen molar-refractivity contribution in [2.45, 2.75) is 77.5 Å². The highest BCUT2D eigenvalue weighted by atomic mass is 35.5. The highest BCUT2D eigenvalue weighted by Gasteiger charge is 2.53. The van der Waals surface area contributed by atoms with Crippen LogP contribution in [0.5, 0.6) is 0 Å². The average molecular weight is 534 g/mol. The van der Waals surface area contributed by atoms with Crippen LogP contribution < -0.4 is 0 Å². The number of benzene rings is 2. The van der Waals surface area contributed by atoms with Crippen molar-refractivity contribution in [1.29, 1.82) is 0 Å². The molecular formula is C28H33Cl2NO5. The zero-order valence-electron chi connectivity index (χ0n) is 21.3. The number of piperidine rings is 1. The van der Waals surface area contributed by atoms with E-state index < -0.39 is 35.0 Å². The monoisotopic (exact) mass is 533 g/mol. The number of hydrogen-bond acceptors (Lipinski definition) is 4. The second kappa shape index (κ2) is 10.8. The van der Waals surface area contributed by atoms with E-state index in [9.17, 15) is 19.5 Å². The zero-order chi connectivity index (χ0) is 26.8. The standard InChI is InChI=1S/C28H33Cl2NO5/c1-6-22(25(34)36-27(2,3)4)31-24(17-10-12-19(29)13-11-17)21(18-8-7-9-20(30)14-18)15-28(5,26(31)35)16-23(32)33/h7-14,21-22,24H,6,15-16H2,1-5H3,(H,32,33)/t21-,22-,24-,28-/m1/s1. The molecule has 1 N–H and O–H groups in total. The van der Waals surface area contributed by atoms with Gasteiger partial charge in [-0.1, -0.05) is 61.3 Å². The van der Waals surface area contributed by atoms with Gasteiger partial charge in [-0.05, 0) is 69.0 Å². The first-order chi connectivity index (χ1) is 16.8. The number of carbonyl (C=O) groups excluding carboxylic acids is 2. The number of aliphatic carboxylic acids is 1. The molecule has 1 saturated heterocycles. The highest BCUT2D eigenvalue weighted by molar-refractivity contribution is 6.30. The quantitative estimate of drug-likeness (QED) is 0.402. The summed E-state index contributed by atoms with van der Waals surface area (Å²) in [4.78, 5) is 41.0. The first-order valence-corrected chi connectivity index (χ1v) is 12.8. The molecule has 1 aliphatic heterocycles. The summed E-state index contributed by atoms with van der Waals surface area (Å²) in [7, 11) is 0. The number of nitrogens with zero attached hydrogens (tertiary/aromatic N) is 1. The van der Waals surface area contributed by atoms with Crippen LogP contribution in [0.25, 0.3) is 0 Å². The van der Waals surface area contributed by atoms with Gasteiger partial charge >= 0.3 is 11.9 Å². The number of amides is 1. The van der Waals surface area contributed by atoms with Crippen molar-refractivity contribution in [2.75, 3.05) is 0 Å². The molecule has 3 rings (SSSR count). The molecule has 6 nitrogen and oxygen atoms in total. The second-order valence-corrected chi connectivity index (χ2v) is 11.5. The molecule has 36 heavy (non-hydrogen) atoms. The summed E-state index contributed by atoms with van der Waals surface area (Å²) in [5.74, 6) is -2.32. The SMILES string of the molecule is CC[C@H](C(=O)OC(C)(C)C)N1C(=O)[C@@](C)(CC(=O)O)C[C@H](c2cccc(Cl)c2)[C@H]1c1ccc(Cl)cc1. The fourth-order valence-electron chi connectivity index (χ4n) is 5.07. The van der Waals surface area contributed by atoms with Crippen LogP contribution in [0.1, 0.15) is 77.0 Å². The van der Waals surface area contributed by atoms with Gasteiger partial charge < -0.3 is 14.7 Å². The Balaban J connectivity index is 2.25. The van der Waals surface area contributed by atoms with Gasteiger partial charge in [0, 0.05) is 16.0 Å². The normalized spacial score (nSPS) is 23.3. The summed E-state index contributed by atoms with van der Waals surface area (Å²) in [5.41, 5.74) is -0.347. The number of esters is 1. The van der Waals surface area contributed by atoms with Crippen LogP contribution in [0.2, 0.25) is 10.0 Å². The second-order valence-electron chi connectivity index (χ2n) is 10.7. The maximum absolute atomic E-state index is 14.2. The van der Waals surface area contributed by atoms with Crippen LogP contribution in [-0.2, 0) is 19.1 Å². The third-order valence-corrected chi connectivity index (χ3v) is 7.02. The molecular weight excluding hydrogens is 501 g/mol. The molecule has 0 bridgehead atoms. The topological polar surface area (TPSA) is 83.9 Å². The fraction of sp³-hybridized carbons (Fsp3) is 0.464. The maximum atomic E-state index is 14.2. The molecule has 2 aromatic rings. The van der Waals surface area contributed by atoms with Crippen molar-refractivity contribution in [2.24, 2.45) is 5.41 Å². The van der Waals surface area contributed by atoms with Crippen LogP contribution in [0.3, 0.4) is 0 Å². The number of rotatable bonds is 7. The lowest BCUT2D eigenvalue weighted by Crippen LogP contribution is -2.58. The van der Waals surface area contributed by atoms with Crippen LogP contribution in [-0.4, -0.2) is 39.5 Å². The lowest BCUT2D eigenvalue weighted by molar-refractivity contribution is -0.174. The van der Waals surface area contributed by atoms with Gasteiger partial charge in [-0.25, -0.2) is 4.79 Å². The molecule has 8 heteroatoms. The predicted octanol–water partition coefficient (Wildman–Crippen LogP) is 6.65. The molecule has 1 aliphatic rings. The Morgan fingerprint density at radius 2 is 1.75 bits per heavy atom. The minimum atomic E-state index is -1.24. The molecule has 0 saturated carbocycles. The smallest absolute Gasteiger partial charge is 0.329 e. The summed E-state index contributed by atoms with van der Waals surface area (Å²) in [5, 5.41) is 10.8. The first-order valence-electron chi connectivity index (χ1n) is 12.0. The number of carbonyl (C=O) groups is 3. The molecule has 1 heterocycles. The van der Waals surface area contributed by atoms with E-state index in [1.807, 2.05) is 37.3 Å². The summed E-state index contributed by atoms with van der Waals surface area (Å²) in [6, 6.07) is 13.0. The molecule has 1 amide bonds. The van der Waals surface area contributed by atoms with Gasteiger partial charge in [-0.2, -0.15) is 0 Å². The third kappa shape index (κ3) is 6.22. The molecule has 0 radical (unpaired) electrons. The number of halogens is 2. The minimum absolute atomic E-state index is 0.271. The van der Waals surface area contributed by atoms with E-state index in [4.69, 9.17) is 27.9 Å². The van der Waals surface area contributed by atoms with Gasteiger partial charge in [-0.15, -0.1) is 0 Å². The van der Waals surface area contributed by atoms with Gasteiger partial charge in [-0.3, -0.25) is 9.59 Å². The summed E-state index contributed by atoms with van der Waals surface area (Å²) < 4.78 is 5.71. The largest absolute Gasteiger partial charge is 0.481 e. The van der Waals surface area contributed by atoms with Crippen molar-refractivity contribution < 1.29 is 24.2 Å². The number of ether oxygens (including phenoxy) is 1. The van der Waals surface area contributed by atoms with E-state index in [0.29, 0.717) is 16.5 Å². The summed E-state index contributed by atoms with van der Waals surface area (Å²) in [6.07, 6.45) is 0.209. The van der Waals surface area contributed by atoms with E-state index in [-0.39, 0.29) is 24.7 Å². The Kier molecular flexibility index (Phi) is 8.41. The minimum Gasteiger partial charge on any atom is -0.481 e. The molecule has 0 aromatic heterocycles. The molecule has 2 aromatic carbocycles. The van der Waals surface area contributed by atoms with E-state index in [2.05, 4.69) is 0 Å². The summed E-state index contributed by atoms with van der Waals surface area (Å²) >= 11 is 12.5. The third-order valence-electron chi connectivity index (χ3n) is 6.53. The van der Waals surface area contributed by atoms with Gasteiger partial charge in [0.2, 0.25) is 5.91 Å². The predicted molar refractivity (Wildman–Crippen MR) is 140 cm³/mol. The number of carboxylic acids is 1. The molecule has 1 fully saturated rings. The Hall–Kier alpha value is -2.57. The number of carboxylic acid groups (broad SMARTS) is 1. The van der Waals surface area contributed by atoms with Gasteiger partial charge in [0.1, 0.15) is 11.6 Å². The van der Waals surface area contributed by atoms with Crippen molar-refractivity contribution in [3.8, 4) is 0 Å². The fourth-order valence-corrected chi connectivity index (χ4v) is 5.39. The molecule has 0 aliphatic carbocycles. The number of likely N-dealkylation sites (tertiary alicyclic amines) is 1. The van der Waals surface area contributed by atoms with Gasteiger partial charge in [0.15, 0.2) is 0 Å². The molecule has 4 atom stereocenters.